The van der Waals surface area contributed by atoms with Gasteiger partial charge in [0.25, 0.3) is 0 Å². The van der Waals surface area contributed by atoms with Gasteiger partial charge in [0.1, 0.15) is 18.2 Å². The van der Waals surface area contributed by atoms with Gasteiger partial charge in [-0.3, -0.25) is 14.4 Å². The predicted octanol–water partition coefficient (Wildman–Crippen LogP) is 7.30. The fourth-order valence-electron chi connectivity index (χ4n) is 7.84. The number of aliphatic hydroxyl groups excluding tert-OH is 1. The molecule has 3 aromatic rings. The Labute approximate surface area is 290 Å². The molecule has 3 fully saturated rings. The summed E-state index contributed by atoms with van der Waals surface area (Å²) in [4.78, 5) is 35.1. The van der Waals surface area contributed by atoms with Gasteiger partial charge in [0.05, 0.1) is 25.5 Å². The summed E-state index contributed by atoms with van der Waals surface area (Å²) in [7, 11) is 1.72. The van der Waals surface area contributed by atoms with E-state index in [9.17, 15) is 14.7 Å². The molecule has 10 heteroatoms. The van der Waals surface area contributed by atoms with Crippen molar-refractivity contribution in [2.75, 3.05) is 38.3 Å². The van der Waals surface area contributed by atoms with Crippen molar-refractivity contribution in [2.24, 2.45) is 11.8 Å². The van der Waals surface area contributed by atoms with Gasteiger partial charge in [0.15, 0.2) is 0 Å². The fraction of sp³-hybridized carbons (Fsp3) is 0.590. The number of nitrogens with zero attached hydrogens (tertiary/aromatic N) is 5. The summed E-state index contributed by atoms with van der Waals surface area (Å²) < 4.78 is 12.9. The molecule has 2 aromatic heterocycles. The van der Waals surface area contributed by atoms with Crippen LogP contribution in [-0.2, 0) is 9.53 Å². The number of aliphatic hydroxyl groups is 1. The van der Waals surface area contributed by atoms with Gasteiger partial charge in [0.2, 0.25) is 5.91 Å². The Morgan fingerprint density at radius 2 is 1.73 bits per heavy atom. The smallest absolute Gasteiger partial charge is 0.409 e. The van der Waals surface area contributed by atoms with Crippen LogP contribution in [0.1, 0.15) is 101 Å². The number of pyridine rings is 1. The second-order valence-electron chi connectivity index (χ2n) is 14.5. The fourth-order valence-corrected chi connectivity index (χ4v) is 7.84. The van der Waals surface area contributed by atoms with Gasteiger partial charge in [-0.2, -0.15) is 5.10 Å². The molecule has 6 rings (SSSR count). The number of aryl methyl sites for hydroxylation is 1. The first kappa shape index (κ1) is 34.9. The molecule has 1 saturated heterocycles. The van der Waals surface area contributed by atoms with Crippen molar-refractivity contribution in [1.82, 2.24) is 19.7 Å². The lowest BCUT2D eigenvalue weighted by Crippen LogP contribution is -2.41. The van der Waals surface area contributed by atoms with Crippen LogP contribution < -0.4 is 9.64 Å². The lowest BCUT2D eigenvalue weighted by molar-refractivity contribution is -0.123. The standard InChI is InChI=1S/C39H53N5O5/c1-27-21-32(13-14-36(27)48-3)30-11-9-29(10-12-30)24-43(38(46)31-7-5-4-6-8-31)37-22-33(15-18-40-37)34-23-41-44(25-34)28(2)26-49-39(47)42-19-16-35(45)17-20-42/h13-15,18,21-23,25,28-31,35,45H,4-12,16-17,19-20,24,26H2,1-3H3. The number of likely N-dealkylation sites (tertiary alicyclic amines) is 1. The molecule has 10 nitrogen and oxygen atoms in total. The monoisotopic (exact) mass is 671 g/mol. The highest BCUT2D eigenvalue weighted by Gasteiger charge is 2.32. The molecular weight excluding hydrogens is 618 g/mol. The molecule has 0 radical (unpaired) electrons. The second-order valence-corrected chi connectivity index (χ2v) is 14.5. The normalized spacial score (nSPS) is 21.3. The van der Waals surface area contributed by atoms with E-state index in [0.29, 0.717) is 50.1 Å². The maximum atomic E-state index is 14.2. The van der Waals surface area contributed by atoms with Crippen molar-refractivity contribution in [3.8, 4) is 16.9 Å². The zero-order valence-electron chi connectivity index (χ0n) is 29.4. The summed E-state index contributed by atoms with van der Waals surface area (Å²) in [5, 5.41) is 14.3. The van der Waals surface area contributed by atoms with E-state index < -0.39 is 0 Å². The maximum Gasteiger partial charge on any atom is 0.409 e. The number of anilines is 1. The number of benzene rings is 1. The van der Waals surface area contributed by atoms with Gasteiger partial charge < -0.3 is 19.5 Å². The molecule has 2 amide bonds. The molecule has 1 unspecified atom stereocenters. The third-order valence-corrected chi connectivity index (χ3v) is 11.0. The SMILES string of the molecule is COc1ccc(C2CCC(CN(C(=O)C3CCCCC3)c3cc(-c4cnn(C(C)COC(=O)N5CCC(O)CC5)c4)ccn3)CC2)cc1C. The Morgan fingerprint density at radius 1 is 0.980 bits per heavy atom. The number of amides is 2. The summed E-state index contributed by atoms with van der Waals surface area (Å²) in [6.45, 7) is 5.99. The number of carbonyl (C=O) groups excluding carboxylic acids is 2. The average molecular weight is 672 g/mol. The highest BCUT2D eigenvalue weighted by Crippen LogP contribution is 2.39. The minimum atomic E-state index is -0.350. The minimum absolute atomic E-state index is 0.0548. The maximum absolute atomic E-state index is 14.2. The van der Waals surface area contributed by atoms with E-state index in [-0.39, 0.29) is 36.7 Å². The van der Waals surface area contributed by atoms with Crippen LogP contribution in [0.3, 0.4) is 0 Å². The van der Waals surface area contributed by atoms with Crippen molar-refractivity contribution in [1.29, 1.82) is 0 Å². The van der Waals surface area contributed by atoms with Crippen LogP contribution in [0.5, 0.6) is 5.75 Å². The number of hydrogen-bond donors (Lipinski definition) is 1. The summed E-state index contributed by atoms with van der Waals surface area (Å²) >= 11 is 0. The van der Waals surface area contributed by atoms with Crippen LogP contribution in [0.4, 0.5) is 10.6 Å². The number of aromatic nitrogens is 3. The van der Waals surface area contributed by atoms with Crippen LogP contribution >= 0.6 is 0 Å². The molecule has 0 bridgehead atoms. The Hall–Kier alpha value is -3.92. The van der Waals surface area contributed by atoms with E-state index in [1.54, 1.807) is 18.2 Å². The summed E-state index contributed by atoms with van der Waals surface area (Å²) in [5.41, 5.74) is 4.44. The van der Waals surface area contributed by atoms with Crippen molar-refractivity contribution < 1.29 is 24.2 Å². The topological polar surface area (TPSA) is 110 Å². The van der Waals surface area contributed by atoms with Crippen molar-refractivity contribution in [3.05, 3.63) is 60.0 Å². The van der Waals surface area contributed by atoms with Crippen molar-refractivity contribution in [3.63, 3.8) is 0 Å². The highest BCUT2D eigenvalue weighted by molar-refractivity contribution is 5.94. The van der Waals surface area contributed by atoms with Gasteiger partial charge in [-0.25, -0.2) is 9.78 Å². The average Bonchev–Trinajstić information content (AvgIpc) is 3.64. The zero-order chi connectivity index (χ0) is 34.3. The van der Waals surface area contributed by atoms with E-state index in [0.717, 1.165) is 68.2 Å². The number of piperidine rings is 1. The lowest BCUT2D eigenvalue weighted by Gasteiger charge is -2.35. The van der Waals surface area contributed by atoms with E-state index in [2.05, 4.69) is 30.2 Å². The van der Waals surface area contributed by atoms with Gasteiger partial charge >= 0.3 is 6.09 Å². The third kappa shape index (κ3) is 8.63. The van der Waals surface area contributed by atoms with Crippen molar-refractivity contribution >= 4 is 17.8 Å². The third-order valence-electron chi connectivity index (χ3n) is 11.0. The summed E-state index contributed by atoms with van der Waals surface area (Å²) in [5.74, 6) is 2.87. The van der Waals surface area contributed by atoms with Crippen molar-refractivity contribution in [2.45, 2.75) is 103 Å². The molecule has 1 N–H and O–H groups in total. The quantitative estimate of drug-likeness (QED) is 0.241. The first-order chi connectivity index (χ1) is 23.8. The van der Waals surface area contributed by atoms with E-state index in [1.165, 1.54) is 17.5 Å². The molecular formula is C39H53N5O5. The molecule has 264 valence electrons. The minimum Gasteiger partial charge on any atom is -0.496 e. The summed E-state index contributed by atoms with van der Waals surface area (Å²) in [6, 6.07) is 10.4. The molecule has 0 spiro atoms. The van der Waals surface area contributed by atoms with Gasteiger partial charge in [0, 0.05) is 43.5 Å². The molecule has 49 heavy (non-hydrogen) atoms. The zero-order valence-corrected chi connectivity index (χ0v) is 29.4. The molecule has 3 heterocycles. The molecule has 2 saturated carbocycles. The second kappa shape index (κ2) is 16.2. The first-order valence-corrected chi connectivity index (χ1v) is 18.3. The Kier molecular flexibility index (Phi) is 11.5. The summed E-state index contributed by atoms with van der Waals surface area (Å²) in [6.07, 6.45) is 15.8. The Balaban J connectivity index is 1.12. The van der Waals surface area contributed by atoms with Gasteiger partial charge in [-0.1, -0.05) is 31.4 Å². The van der Waals surface area contributed by atoms with E-state index in [1.807, 2.05) is 41.0 Å². The Morgan fingerprint density at radius 3 is 2.45 bits per heavy atom. The van der Waals surface area contributed by atoms with E-state index >= 15 is 0 Å². The number of ether oxygens (including phenoxy) is 2. The predicted molar refractivity (Wildman–Crippen MR) is 190 cm³/mol. The first-order valence-electron chi connectivity index (χ1n) is 18.3. The molecule has 1 aromatic carbocycles. The van der Waals surface area contributed by atoms with Crippen LogP contribution in [0.2, 0.25) is 0 Å². The van der Waals surface area contributed by atoms with Crippen LogP contribution in [-0.4, -0.2) is 76.2 Å². The lowest BCUT2D eigenvalue weighted by atomic mass is 9.78. The number of rotatable bonds is 10. The molecule has 2 aliphatic carbocycles. The van der Waals surface area contributed by atoms with Crippen LogP contribution in [0.25, 0.3) is 11.1 Å². The number of hydrogen-bond acceptors (Lipinski definition) is 7. The van der Waals surface area contributed by atoms with Gasteiger partial charge in [-0.05, 0) is 112 Å². The molecule has 3 aliphatic rings. The molecule has 1 aliphatic heterocycles. The number of carbonyl (C=O) groups is 2. The Bertz CT molecular complexity index is 1550. The van der Waals surface area contributed by atoms with Gasteiger partial charge in [-0.15, -0.1) is 0 Å². The van der Waals surface area contributed by atoms with Crippen LogP contribution in [0.15, 0.2) is 48.9 Å². The highest BCUT2D eigenvalue weighted by atomic mass is 16.6. The van der Waals surface area contributed by atoms with E-state index in [4.69, 9.17) is 14.5 Å². The number of methoxy groups -OCH3 is 1. The molecule has 1 atom stereocenters. The van der Waals surface area contributed by atoms with Crippen LogP contribution in [0, 0.1) is 18.8 Å². The largest absolute Gasteiger partial charge is 0.496 e.